The van der Waals surface area contributed by atoms with E-state index in [0.717, 1.165) is 28.2 Å². The molecule has 2 aromatic rings. The van der Waals surface area contributed by atoms with Crippen molar-refractivity contribution in [1.29, 1.82) is 0 Å². The Labute approximate surface area is 187 Å². The maximum absolute atomic E-state index is 13.0. The highest BCUT2D eigenvalue weighted by atomic mass is 35.5. The molecule has 0 radical (unpaired) electrons. The van der Waals surface area contributed by atoms with Crippen LogP contribution in [0.2, 0.25) is 5.02 Å². The Morgan fingerprint density at radius 2 is 2.03 bits per heavy atom. The number of carboxylic acids is 1. The van der Waals surface area contributed by atoms with E-state index in [9.17, 15) is 14.7 Å². The first kappa shape index (κ1) is 20.6. The minimum Gasteiger partial charge on any atom is -0.481 e. The van der Waals surface area contributed by atoms with Crippen LogP contribution in [-0.2, 0) is 9.59 Å². The summed E-state index contributed by atoms with van der Waals surface area (Å²) in [6.45, 7) is 0. The van der Waals surface area contributed by atoms with Gasteiger partial charge in [-0.15, -0.1) is 11.3 Å². The quantitative estimate of drug-likeness (QED) is 0.451. The van der Waals surface area contributed by atoms with Gasteiger partial charge in [-0.2, -0.15) is 0 Å². The molecule has 150 valence electrons. The summed E-state index contributed by atoms with van der Waals surface area (Å²) in [6.07, 6.45) is 4.58. The van der Waals surface area contributed by atoms with Gasteiger partial charge in [-0.1, -0.05) is 60.2 Å². The number of hydrogen-bond acceptors (Lipinski definition) is 5. The van der Waals surface area contributed by atoms with E-state index in [1.807, 2.05) is 42.5 Å². The van der Waals surface area contributed by atoms with E-state index >= 15 is 0 Å². The number of rotatable bonds is 4. The minimum absolute atomic E-state index is 0.122. The normalized spacial score (nSPS) is 23.8. The monoisotopic (exact) mass is 463 g/mol. The summed E-state index contributed by atoms with van der Waals surface area (Å²) in [5, 5.41) is 10.0. The van der Waals surface area contributed by atoms with E-state index in [0.29, 0.717) is 27.1 Å². The Morgan fingerprint density at radius 1 is 1.24 bits per heavy atom. The van der Waals surface area contributed by atoms with Gasteiger partial charge in [0, 0.05) is 26.4 Å². The number of nitrogens with zero attached hydrogens (tertiary/aromatic N) is 1. The summed E-state index contributed by atoms with van der Waals surface area (Å²) < 4.78 is 0.514. The van der Waals surface area contributed by atoms with E-state index in [4.69, 9.17) is 23.8 Å². The smallest absolute Gasteiger partial charge is 0.306 e. The fourth-order valence-electron chi connectivity index (χ4n) is 3.78. The summed E-state index contributed by atoms with van der Waals surface area (Å²) in [5.41, 5.74) is 0.966. The highest BCUT2D eigenvalue weighted by molar-refractivity contribution is 8.26. The third-order valence-electron chi connectivity index (χ3n) is 5.22. The zero-order valence-electron chi connectivity index (χ0n) is 15.3. The summed E-state index contributed by atoms with van der Waals surface area (Å²) in [7, 11) is 0. The number of thiophene rings is 1. The molecule has 1 aromatic heterocycles. The van der Waals surface area contributed by atoms with Crippen molar-refractivity contribution in [1.82, 2.24) is 4.90 Å². The molecule has 1 aromatic carbocycles. The van der Waals surface area contributed by atoms with Gasteiger partial charge in [0.25, 0.3) is 5.91 Å². The van der Waals surface area contributed by atoms with Gasteiger partial charge in [0.05, 0.1) is 10.8 Å². The predicted octanol–water partition coefficient (Wildman–Crippen LogP) is 5.91. The molecule has 1 aliphatic carbocycles. The second kappa shape index (κ2) is 8.60. The Hall–Kier alpha value is -1.67. The number of carboxylic acid groups (broad SMARTS) is 1. The van der Waals surface area contributed by atoms with Crippen molar-refractivity contribution in [3.63, 3.8) is 0 Å². The van der Waals surface area contributed by atoms with Gasteiger partial charge in [-0.3, -0.25) is 14.5 Å². The van der Waals surface area contributed by atoms with Crippen molar-refractivity contribution in [2.24, 2.45) is 5.92 Å². The van der Waals surface area contributed by atoms with Crippen molar-refractivity contribution in [3.05, 3.63) is 51.2 Å². The lowest BCUT2D eigenvalue weighted by Crippen LogP contribution is -2.42. The lowest BCUT2D eigenvalue weighted by atomic mass is 9.85. The number of hydrogen-bond donors (Lipinski definition) is 1. The first-order valence-electron chi connectivity index (χ1n) is 9.28. The number of aliphatic carboxylic acids is 1. The van der Waals surface area contributed by atoms with Crippen LogP contribution in [-0.4, -0.2) is 32.2 Å². The van der Waals surface area contributed by atoms with Crippen LogP contribution in [0.25, 0.3) is 16.5 Å². The maximum Gasteiger partial charge on any atom is 0.306 e. The number of thioether (sulfide) groups is 1. The molecule has 8 heteroatoms. The van der Waals surface area contributed by atoms with Gasteiger partial charge in [0.2, 0.25) is 0 Å². The molecule has 2 heterocycles. The molecule has 1 aliphatic heterocycles. The number of benzene rings is 1. The minimum atomic E-state index is -0.790. The molecular weight excluding hydrogens is 446 g/mol. The molecule has 2 fully saturated rings. The molecule has 4 rings (SSSR count). The molecule has 1 saturated carbocycles. The first-order chi connectivity index (χ1) is 13.9. The van der Waals surface area contributed by atoms with Crippen molar-refractivity contribution in [2.75, 3.05) is 0 Å². The van der Waals surface area contributed by atoms with Crippen LogP contribution in [0, 0.1) is 5.92 Å². The molecule has 2 unspecified atom stereocenters. The van der Waals surface area contributed by atoms with E-state index in [1.54, 1.807) is 16.2 Å². The molecule has 2 atom stereocenters. The Bertz CT molecular complexity index is 1020. The molecule has 2 aliphatic rings. The number of thiocarbonyl (C=S) groups is 1. The lowest BCUT2D eigenvalue weighted by molar-refractivity contribution is -0.144. The average Bonchev–Trinajstić information content (AvgIpc) is 3.27. The molecule has 1 saturated heterocycles. The van der Waals surface area contributed by atoms with E-state index < -0.39 is 11.9 Å². The van der Waals surface area contributed by atoms with Crippen LogP contribution in [0.4, 0.5) is 0 Å². The third-order valence-corrected chi connectivity index (χ3v) is 7.95. The Kier molecular flexibility index (Phi) is 6.11. The molecule has 0 spiro atoms. The number of carbonyl (C=O) groups excluding carboxylic acids is 1. The standard InChI is InChI=1S/C21H18ClNO3S3/c22-16-7-2-1-6-15(16)17-9-8-14(28-17)11-18-19(24)23(21(27)29-18)13-5-3-4-12(10-13)20(25)26/h1-2,6-9,11-13H,3-5,10H2,(H,25,26)/b18-11+. The predicted molar refractivity (Wildman–Crippen MR) is 123 cm³/mol. The van der Waals surface area contributed by atoms with E-state index in [2.05, 4.69) is 0 Å². The largest absolute Gasteiger partial charge is 0.481 e. The summed E-state index contributed by atoms with van der Waals surface area (Å²) in [5.74, 6) is -1.32. The van der Waals surface area contributed by atoms with E-state index in [1.165, 1.54) is 11.8 Å². The topological polar surface area (TPSA) is 57.6 Å². The van der Waals surface area contributed by atoms with Gasteiger partial charge in [0.1, 0.15) is 4.32 Å². The summed E-state index contributed by atoms with van der Waals surface area (Å²) in [6, 6.07) is 11.5. The average molecular weight is 464 g/mol. The van der Waals surface area contributed by atoms with Crippen LogP contribution in [0.1, 0.15) is 30.6 Å². The number of amides is 1. The van der Waals surface area contributed by atoms with Crippen molar-refractivity contribution in [3.8, 4) is 10.4 Å². The highest BCUT2D eigenvalue weighted by Crippen LogP contribution is 2.40. The molecule has 4 nitrogen and oxygen atoms in total. The van der Waals surface area contributed by atoms with Gasteiger partial charge < -0.3 is 5.11 Å². The molecular formula is C21H18ClNO3S3. The molecule has 1 N–H and O–H groups in total. The van der Waals surface area contributed by atoms with Crippen LogP contribution in [0.3, 0.4) is 0 Å². The Morgan fingerprint density at radius 3 is 2.79 bits per heavy atom. The molecule has 29 heavy (non-hydrogen) atoms. The van der Waals surface area contributed by atoms with Crippen LogP contribution < -0.4 is 0 Å². The van der Waals surface area contributed by atoms with Crippen molar-refractivity contribution < 1.29 is 14.7 Å². The fourth-order valence-corrected chi connectivity index (χ4v) is 6.53. The van der Waals surface area contributed by atoms with Gasteiger partial charge in [-0.05, 0) is 43.5 Å². The zero-order valence-corrected chi connectivity index (χ0v) is 18.5. The third kappa shape index (κ3) is 4.28. The molecule has 1 amide bonds. The summed E-state index contributed by atoms with van der Waals surface area (Å²) in [4.78, 5) is 28.6. The van der Waals surface area contributed by atoms with Crippen molar-refractivity contribution >= 4 is 69.2 Å². The zero-order chi connectivity index (χ0) is 20.5. The second-order valence-corrected chi connectivity index (χ2v) is 10.3. The van der Waals surface area contributed by atoms with Crippen LogP contribution >= 0.6 is 46.9 Å². The highest BCUT2D eigenvalue weighted by Gasteiger charge is 2.40. The maximum atomic E-state index is 13.0. The Balaban J connectivity index is 1.54. The number of halogens is 1. The van der Waals surface area contributed by atoms with Gasteiger partial charge >= 0.3 is 5.97 Å². The second-order valence-electron chi connectivity index (χ2n) is 7.09. The van der Waals surface area contributed by atoms with Gasteiger partial charge in [0.15, 0.2) is 0 Å². The number of carbonyl (C=O) groups is 2. The fraction of sp³-hybridized carbons (Fsp3) is 0.286. The SMILES string of the molecule is O=C(O)C1CCCC(N2C(=O)/C(=C\c3ccc(-c4ccccc4Cl)s3)SC2=S)C1. The summed E-state index contributed by atoms with van der Waals surface area (Å²) >= 11 is 14.6. The van der Waals surface area contributed by atoms with Crippen LogP contribution in [0.5, 0.6) is 0 Å². The van der Waals surface area contributed by atoms with Gasteiger partial charge in [-0.25, -0.2) is 0 Å². The molecule has 0 bridgehead atoms. The van der Waals surface area contributed by atoms with E-state index in [-0.39, 0.29) is 11.9 Å². The first-order valence-corrected chi connectivity index (χ1v) is 11.7. The van der Waals surface area contributed by atoms with Crippen LogP contribution in [0.15, 0.2) is 41.3 Å². The lowest BCUT2D eigenvalue weighted by Gasteiger charge is -2.32. The van der Waals surface area contributed by atoms with Crippen molar-refractivity contribution in [2.45, 2.75) is 31.7 Å².